The molecule has 0 aromatic carbocycles. The monoisotopic (exact) mass is 97.1 g/mol. The van der Waals surface area contributed by atoms with Gasteiger partial charge in [-0.1, -0.05) is 0 Å². The molecule has 0 fully saturated rings. The molecule has 2 N–H and O–H groups in total. The Morgan fingerprint density at radius 2 is 1.33 bits per heavy atom. The highest BCUT2D eigenvalue weighted by molar-refractivity contribution is 4.06. The lowest BCUT2D eigenvalue weighted by molar-refractivity contribution is 0.171. The smallest absolute Gasteiger partial charge is 0.235 e. The van der Waals surface area contributed by atoms with E-state index in [0.717, 1.165) is 6.92 Å². The van der Waals surface area contributed by atoms with E-state index in [9.17, 15) is 8.78 Å². The molecule has 40 valence electrons. The average Bonchev–Trinajstić information content (AvgIpc) is 1.41. The summed E-state index contributed by atoms with van der Waals surface area (Å²) in [5, 5.41) is 0. The minimum Gasteiger partial charge on any atom is -0.333 e. The summed E-state index contributed by atoms with van der Waals surface area (Å²) >= 11 is 0. The summed E-state index contributed by atoms with van der Waals surface area (Å²) in [7, 11) is 1.50. The van der Waals surface area contributed by atoms with Crippen LogP contribution in [0.4, 0.5) is 8.78 Å². The SMILES string of the molecule is CC(F)F.CN. The molecule has 0 bridgehead atoms. The molecule has 0 aliphatic heterocycles. The van der Waals surface area contributed by atoms with Crippen LogP contribution in [-0.4, -0.2) is 13.5 Å². The van der Waals surface area contributed by atoms with E-state index in [1.807, 2.05) is 0 Å². The molecule has 0 amide bonds. The van der Waals surface area contributed by atoms with Crippen LogP contribution in [-0.2, 0) is 0 Å². The Balaban J connectivity index is 0. The van der Waals surface area contributed by atoms with Gasteiger partial charge in [0.1, 0.15) is 0 Å². The molecule has 0 aromatic heterocycles. The molecular formula is C3H9F2N. The van der Waals surface area contributed by atoms with Gasteiger partial charge in [-0.25, -0.2) is 8.78 Å². The van der Waals surface area contributed by atoms with Gasteiger partial charge >= 0.3 is 0 Å². The maximum atomic E-state index is 10.3. The van der Waals surface area contributed by atoms with Gasteiger partial charge in [0.05, 0.1) is 0 Å². The van der Waals surface area contributed by atoms with Crippen LogP contribution < -0.4 is 5.73 Å². The number of hydrogen-bond acceptors (Lipinski definition) is 1. The van der Waals surface area contributed by atoms with E-state index < -0.39 is 6.43 Å². The van der Waals surface area contributed by atoms with Crippen LogP contribution in [0.5, 0.6) is 0 Å². The summed E-state index contributed by atoms with van der Waals surface area (Å²) in [6, 6.07) is 0. The van der Waals surface area contributed by atoms with Gasteiger partial charge in [0.15, 0.2) is 0 Å². The lowest BCUT2D eigenvalue weighted by atomic mass is 10.9. The predicted molar refractivity (Wildman–Crippen MR) is 21.8 cm³/mol. The maximum Gasteiger partial charge on any atom is 0.235 e. The van der Waals surface area contributed by atoms with Gasteiger partial charge in [0.2, 0.25) is 6.43 Å². The van der Waals surface area contributed by atoms with Crippen molar-refractivity contribution >= 4 is 0 Å². The molecule has 0 radical (unpaired) electrons. The van der Waals surface area contributed by atoms with Crippen molar-refractivity contribution in [2.75, 3.05) is 7.05 Å². The van der Waals surface area contributed by atoms with Crippen LogP contribution >= 0.6 is 0 Å². The Morgan fingerprint density at radius 3 is 1.33 bits per heavy atom. The fraction of sp³-hybridized carbons (Fsp3) is 1.00. The molecule has 6 heavy (non-hydrogen) atoms. The number of rotatable bonds is 0. The number of hydrogen-bond donors (Lipinski definition) is 1. The molecule has 1 nitrogen and oxygen atoms in total. The van der Waals surface area contributed by atoms with Crippen molar-refractivity contribution < 1.29 is 8.78 Å². The molecule has 0 rings (SSSR count). The van der Waals surface area contributed by atoms with Crippen molar-refractivity contribution in [1.82, 2.24) is 0 Å². The zero-order valence-corrected chi connectivity index (χ0v) is 3.91. The van der Waals surface area contributed by atoms with Gasteiger partial charge < -0.3 is 5.73 Å². The van der Waals surface area contributed by atoms with Crippen LogP contribution in [0, 0.1) is 0 Å². The number of halogens is 2. The second-order valence-electron chi connectivity index (χ2n) is 0.519. The Morgan fingerprint density at radius 1 is 1.33 bits per heavy atom. The Hall–Kier alpha value is -0.180. The Bertz CT molecular complexity index is 13.5. The topological polar surface area (TPSA) is 26.0 Å². The Labute approximate surface area is 36.1 Å². The van der Waals surface area contributed by atoms with Crippen LogP contribution in [0.3, 0.4) is 0 Å². The van der Waals surface area contributed by atoms with E-state index in [2.05, 4.69) is 5.73 Å². The van der Waals surface area contributed by atoms with Crippen molar-refractivity contribution in [3.05, 3.63) is 0 Å². The molecule has 0 heterocycles. The zero-order chi connectivity index (χ0) is 5.58. The predicted octanol–water partition coefficient (Wildman–Crippen LogP) is 0.846. The highest BCUT2D eigenvalue weighted by Crippen LogP contribution is 1.82. The molecule has 0 spiro atoms. The molecule has 0 atom stereocenters. The van der Waals surface area contributed by atoms with Crippen molar-refractivity contribution in [2.24, 2.45) is 5.73 Å². The normalized spacial score (nSPS) is 7.00. The molecule has 0 saturated carbocycles. The van der Waals surface area contributed by atoms with Gasteiger partial charge in [-0.3, -0.25) is 0 Å². The first kappa shape index (κ1) is 9.27. The summed E-state index contributed by atoms with van der Waals surface area (Å²) in [6.45, 7) is 0.833. The quantitative estimate of drug-likeness (QED) is 0.476. The highest BCUT2D eigenvalue weighted by atomic mass is 19.3. The third-order valence-corrected chi connectivity index (χ3v) is 0. The summed E-state index contributed by atoms with van der Waals surface area (Å²) in [6.07, 6.45) is -2.17. The van der Waals surface area contributed by atoms with Crippen LogP contribution in [0.25, 0.3) is 0 Å². The summed E-state index contributed by atoms with van der Waals surface area (Å²) in [5.74, 6) is 0. The first-order chi connectivity index (χ1) is 2.73. The molecular weight excluding hydrogens is 88.0 g/mol. The van der Waals surface area contributed by atoms with E-state index in [1.165, 1.54) is 7.05 Å². The van der Waals surface area contributed by atoms with E-state index in [1.54, 1.807) is 0 Å². The van der Waals surface area contributed by atoms with Crippen molar-refractivity contribution in [3.63, 3.8) is 0 Å². The van der Waals surface area contributed by atoms with Crippen molar-refractivity contribution in [3.8, 4) is 0 Å². The first-order valence-electron chi connectivity index (χ1n) is 1.59. The minimum atomic E-state index is -2.17. The van der Waals surface area contributed by atoms with Crippen molar-refractivity contribution in [1.29, 1.82) is 0 Å². The summed E-state index contributed by atoms with van der Waals surface area (Å²) in [4.78, 5) is 0. The van der Waals surface area contributed by atoms with E-state index in [0.29, 0.717) is 0 Å². The van der Waals surface area contributed by atoms with Crippen LogP contribution in [0.15, 0.2) is 0 Å². The lowest BCUT2D eigenvalue weighted by Gasteiger charge is -1.70. The third kappa shape index (κ3) is 938. The van der Waals surface area contributed by atoms with Crippen LogP contribution in [0.1, 0.15) is 6.92 Å². The minimum absolute atomic E-state index is 0.833. The van der Waals surface area contributed by atoms with Gasteiger partial charge in [0, 0.05) is 0 Å². The van der Waals surface area contributed by atoms with Gasteiger partial charge in [-0.2, -0.15) is 0 Å². The molecule has 0 unspecified atom stereocenters. The highest BCUT2D eigenvalue weighted by Gasteiger charge is 1.79. The maximum absolute atomic E-state index is 10.3. The van der Waals surface area contributed by atoms with Gasteiger partial charge in [-0.15, -0.1) is 0 Å². The zero-order valence-electron chi connectivity index (χ0n) is 3.91. The summed E-state index contributed by atoms with van der Waals surface area (Å²) < 4.78 is 20.7. The van der Waals surface area contributed by atoms with Crippen LogP contribution in [0.2, 0.25) is 0 Å². The Kier molecular flexibility index (Phi) is 13.7. The molecule has 0 saturated heterocycles. The van der Waals surface area contributed by atoms with Gasteiger partial charge in [0.25, 0.3) is 0 Å². The standard InChI is InChI=1S/C2H4F2.CH5N/c1-2(3)4;1-2/h2H,1H3;2H2,1H3. The largest absolute Gasteiger partial charge is 0.333 e. The van der Waals surface area contributed by atoms with Gasteiger partial charge in [-0.05, 0) is 14.0 Å². The fourth-order valence-electron chi connectivity index (χ4n) is 0. The van der Waals surface area contributed by atoms with E-state index >= 15 is 0 Å². The average molecular weight is 97.1 g/mol. The summed E-state index contributed by atoms with van der Waals surface area (Å²) in [5.41, 5.74) is 4.50. The van der Waals surface area contributed by atoms with E-state index in [-0.39, 0.29) is 0 Å². The lowest BCUT2D eigenvalue weighted by Crippen LogP contribution is -1.69. The first-order valence-corrected chi connectivity index (χ1v) is 1.59. The number of alkyl halides is 2. The molecule has 0 aliphatic rings. The molecule has 0 aromatic rings. The second-order valence-corrected chi connectivity index (χ2v) is 0.519. The van der Waals surface area contributed by atoms with Crippen molar-refractivity contribution in [2.45, 2.75) is 13.3 Å². The molecule has 0 aliphatic carbocycles. The third-order valence-electron chi connectivity index (χ3n) is 0. The second kappa shape index (κ2) is 8.84. The molecule has 3 heteroatoms. The fourth-order valence-corrected chi connectivity index (χ4v) is 0. The van der Waals surface area contributed by atoms with E-state index in [4.69, 9.17) is 0 Å². The number of nitrogens with two attached hydrogens (primary N) is 1.